The van der Waals surface area contributed by atoms with Crippen LogP contribution in [-0.4, -0.2) is 12.3 Å². The predicted octanol–water partition coefficient (Wildman–Crippen LogP) is 4.83. The molecule has 0 saturated heterocycles. The second-order valence-electron chi connectivity index (χ2n) is 3.87. The molecule has 0 radical (unpaired) electrons. The standard InChI is InChI=1S/C12H27P/c1-3-5-7-8-10-12-13-11-9-6-4-2/h13H,3-12H2,1-2H3. The summed E-state index contributed by atoms with van der Waals surface area (Å²) in [5.74, 6) is 0. The van der Waals surface area contributed by atoms with Gasteiger partial charge in [0.2, 0.25) is 0 Å². The molecule has 0 fully saturated rings. The zero-order valence-electron chi connectivity index (χ0n) is 9.57. The summed E-state index contributed by atoms with van der Waals surface area (Å²) in [7, 11) is 1.25. The van der Waals surface area contributed by atoms with Crippen molar-refractivity contribution in [2.24, 2.45) is 0 Å². The maximum absolute atomic E-state index is 2.29. The summed E-state index contributed by atoms with van der Waals surface area (Å²) in [6.45, 7) is 4.57. The highest BCUT2D eigenvalue weighted by atomic mass is 31.1. The summed E-state index contributed by atoms with van der Waals surface area (Å²) in [5.41, 5.74) is 0. The van der Waals surface area contributed by atoms with Crippen molar-refractivity contribution in [2.45, 2.75) is 65.2 Å². The fraction of sp³-hybridized carbons (Fsp3) is 1.00. The van der Waals surface area contributed by atoms with Crippen molar-refractivity contribution in [3.63, 3.8) is 0 Å². The van der Waals surface area contributed by atoms with Gasteiger partial charge in [-0.15, -0.1) is 8.58 Å². The Morgan fingerprint density at radius 1 is 0.615 bits per heavy atom. The Morgan fingerprint density at radius 2 is 1.08 bits per heavy atom. The largest absolute Gasteiger partial charge is 0.122 e. The molecule has 1 heteroatoms. The number of unbranched alkanes of at least 4 members (excludes halogenated alkanes) is 6. The minimum Gasteiger partial charge on any atom is -0.122 e. The normalized spacial score (nSPS) is 11.5. The SMILES string of the molecule is CCCCCCCPCCCCC. The molecule has 13 heavy (non-hydrogen) atoms. The third kappa shape index (κ3) is 12.4. The minimum absolute atomic E-state index is 1.25. The van der Waals surface area contributed by atoms with E-state index in [1.807, 2.05) is 0 Å². The van der Waals surface area contributed by atoms with Crippen molar-refractivity contribution >= 4 is 8.58 Å². The first kappa shape index (κ1) is 13.4. The second kappa shape index (κ2) is 12.4. The molecule has 0 rings (SSSR count). The molecule has 0 aliphatic carbocycles. The Hall–Kier alpha value is 0.430. The second-order valence-corrected chi connectivity index (χ2v) is 5.37. The van der Waals surface area contributed by atoms with Gasteiger partial charge in [0.1, 0.15) is 0 Å². The molecule has 0 aromatic rings. The lowest BCUT2D eigenvalue weighted by Crippen LogP contribution is -1.83. The molecule has 80 valence electrons. The molecule has 0 aromatic carbocycles. The smallest absolute Gasteiger partial charge is 0.0353 e. The van der Waals surface area contributed by atoms with Crippen LogP contribution < -0.4 is 0 Å². The number of rotatable bonds is 10. The summed E-state index contributed by atoms with van der Waals surface area (Å²) in [6, 6.07) is 0. The monoisotopic (exact) mass is 202 g/mol. The van der Waals surface area contributed by atoms with Crippen LogP contribution in [0.15, 0.2) is 0 Å². The highest BCUT2D eigenvalue weighted by molar-refractivity contribution is 7.37. The van der Waals surface area contributed by atoms with Crippen molar-refractivity contribution in [3.05, 3.63) is 0 Å². The van der Waals surface area contributed by atoms with Crippen molar-refractivity contribution in [1.82, 2.24) is 0 Å². The summed E-state index contributed by atoms with van der Waals surface area (Å²) >= 11 is 0. The molecular weight excluding hydrogens is 175 g/mol. The molecule has 0 spiro atoms. The molecule has 0 amide bonds. The maximum Gasteiger partial charge on any atom is -0.0353 e. The molecule has 0 aliphatic heterocycles. The predicted molar refractivity (Wildman–Crippen MR) is 66.3 cm³/mol. The van der Waals surface area contributed by atoms with Crippen LogP contribution in [0.1, 0.15) is 65.2 Å². The van der Waals surface area contributed by atoms with Crippen LogP contribution in [0.2, 0.25) is 0 Å². The van der Waals surface area contributed by atoms with E-state index >= 15 is 0 Å². The zero-order valence-corrected chi connectivity index (χ0v) is 10.6. The highest BCUT2D eigenvalue weighted by Crippen LogP contribution is 2.16. The Morgan fingerprint density at radius 3 is 1.69 bits per heavy atom. The van der Waals surface area contributed by atoms with Gasteiger partial charge in [0.25, 0.3) is 0 Å². The summed E-state index contributed by atoms with van der Waals surface area (Å²) < 4.78 is 0. The van der Waals surface area contributed by atoms with E-state index in [0.29, 0.717) is 0 Å². The van der Waals surface area contributed by atoms with Crippen LogP contribution in [0.4, 0.5) is 0 Å². The molecule has 0 N–H and O–H groups in total. The van der Waals surface area contributed by atoms with Crippen LogP contribution >= 0.6 is 8.58 Å². The van der Waals surface area contributed by atoms with Gasteiger partial charge in [0, 0.05) is 0 Å². The van der Waals surface area contributed by atoms with Crippen LogP contribution in [0.3, 0.4) is 0 Å². The quantitative estimate of drug-likeness (QED) is 0.352. The Bertz CT molecular complexity index is 71.2. The lowest BCUT2D eigenvalue weighted by atomic mass is 10.2. The lowest BCUT2D eigenvalue weighted by molar-refractivity contribution is 0.658. The van der Waals surface area contributed by atoms with E-state index in [9.17, 15) is 0 Å². The summed E-state index contributed by atoms with van der Waals surface area (Å²) in [6.07, 6.45) is 14.6. The Kier molecular flexibility index (Phi) is 12.8. The van der Waals surface area contributed by atoms with Crippen LogP contribution in [0, 0.1) is 0 Å². The van der Waals surface area contributed by atoms with E-state index in [0.717, 1.165) is 0 Å². The summed E-state index contributed by atoms with van der Waals surface area (Å²) in [4.78, 5) is 0. The fourth-order valence-corrected chi connectivity index (χ4v) is 2.73. The van der Waals surface area contributed by atoms with Gasteiger partial charge in [-0.2, -0.15) is 0 Å². The maximum atomic E-state index is 2.29. The topological polar surface area (TPSA) is 0 Å². The lowest BCUT2D eigenvalue weighted by Gasteiger charge is -2.01. The van der Waals surface area contributed by atoms with Crippen molar-refractivity contribution in [1.29, 1.82) is 0 Å². The third-order valence-corrected chi connectivity index (χ3v) is 3.83. The van der Waals surface area contributed by atoms with Crippen LogP contribution in [0.25, 0.3) is 0 Å². The van der Waals surface area contributed by atoms with Gasteiger partial charge in [-0.05, 0) is 25.2 Å². The molecule has 0 aliphatic rings. The molecule has 0 heterocycles. The van der Waals surface area contributed by atoms with Gasteiger partial charge in [-0.1, -0.05) is 52.4 Å². The third-order valence-electron chi connectivity index (χ3n) is 2.41. The fourth-order valence-electron chi connectivity index (χ4n) is 1.48. The Balaban J connectivity index is 2.76. The van der Waals surface area contributed by atoms with Crippen molar-refractivity contribution in [3.8, 4) is 0 Å². The Labute approximate surface area is 86.7 Å². The first-order valence-electron chi connectivity index (χ1n) is 6.12. The van der Waals surface area contributed by atoms with Gasteiger partial charge in [-0.25, -0.2) is 0 Å². The van der Waals surface area contributed by atoms with Crippen molar-refractivity contribution in [2.75, 3.05) is 12.3 Å². The van der Waals surface area contributed by atoms with Gasteiger partial charge in [-0.3, -0.25) is 0 Å². The van der Waals surface area contributed by atoms with E-state index in [-0.39, 0.29) is 0 Å². The summed E-state index contributed by atoms with van der Waals surface area (Å²) in [5, 5.41) is 0. The average molecular weight is 202 g/mol. The van der Waals surface area contributed by atoms with Crippen LogP contribution in [0.5, 0.6) is 0 Å². The van der Waals surface area contributed by atoms with Crippen LogP contribution in [-0.2, 0) is 0 Å². The number of hydrogen-bond donors (Lipinski definition) is 0. The molecular formula is C12H27P. The molecule has 1 unspecified atom stereocenters. The van der Waals surface area contributed by atoms with E-state index in [1.54, 1.807) is 0 Å². The van der Waals surface area contributed by atoms with E-state index in [1.165, 1.54) is 72.3 Å². The molecule has 0 nitrogen and oxygen atoms in total. The molecule has 1 atom stereocenters. The minimum atomic E-state index is 1.25. The number of hydrogen-bond acceptors (Lipinski definition) is 0. The first-order chi connectivity index (χ1) is 6.41. The van der Waals surface area contributed by atoms with Gasteiger partial charge in [0.15, 0.2) is 0 Å². The zero-order chi connectivity index (χ0) is 9.78. The molecule has 0 bridgehead atoms. The van der Waals surface area contributed by atoms with E-state index in [2.05, 4.69) is 13.8 Å². The molecule has 0 aromatic heterocycles. The average Bonchev–Trinajstić information content (AvgIpc) is 2.16. The van der Waals surface area contributed by atoms with E-state index in [4.69, 9.17) is 0 Å². The first-order valence-corrected chi connectivity index (χ1v) is 7.54. The molecule has 0 saturated carbocycles. The van der Waals surface area contributed by atoms with Gasteiger partial charge < -0.3 is 0 Å². The van der Waals surface area contributed by atoms with E-state index < -0.39 is 0 Å². The highest BCUT2D eigenvalue weighted by Gasteiger charge is 1.90. The van der Waals surface area contributed by atoms with Gasteiger partial charge >= 0.3 is 0 Å². The van der Waals surface area contributed by atoms with Gasteiger partial charge in [0.05, 0.1) is 0 Å². The van der Waals surface area contributed by atoms with Crippen molar-refractivity contribution < 1.29 is 0 Å².